The van der Waals surface area contributed by atoms with Gasteiger partial charge in [0.1, 0.15) is 6.54 Å². The van der Waals surface area contributed by atoms with Gasteiger partial charge in [0.2, 0.25) is 0 Å². The maximum absolute atomic E-state index is 13.5. The highest BCUT2D eigenvalue weighted by Crippen LogP contribution is 2.37. The topological polar surface area (TPSA) is 65.1 Å². The molecule has 14 heteroatoms. The molecule has 0 saturated heterocycles. The summed E-state index contributed by atoms with van der Waals surface area (Å²) in [6.07, 6.45) is -7.75. The molecule has 0 aliphatic carbocycles. The first-order valence-corrected chi connectivity index (χ1v) is 7.65. The molecule has 0 radical (unpaired) electrons. The Labute approximate surface area is 155 Å². The molecule has 3 rings (SSSR count). The second-order valence-corrected chi connectivity index (χ2v) is 5.97. The van der Waals surface area contributed by atoms with E-state index in [1.54, 1.807) is 0 Å². The molecule has 0 spiro atoms. The fraction of sp³-hybridized carbons (Fsp3) is 0.333. The Hall–Kier alpha value is -3.06. The number of rotatable bonds is 3. The second-order valence-electron chi connectivity index (χ2n) is 5.97. The number of hydrogen-bond acceptors (Lipinski definition) is 4. The van der Waals surface area contributed by atoms with Gasteiger partial charge in [-0.2, -0.15) is 40.2 Å². The van der Waals surface area contributed by atoms with Crippen LogP contribution in [0, 0.1) is 6.92 Å². The smallest absolute Gasteiger partial charge is 0.268 e. The van der Waals surface area contributed by atoms with Crippen LogP contribution < -0.4 is 5.56 Å². The van der Waals surface area contributed by atoms with Gasteiger partial charge in [0.15, 0.2) is 11.3 Å². The highest BCUT2D eigenvalue weighted by atomic mass is 19.4. The lowest BCUT2D eigenvalue weighted by Gasteiger charge is -2.19. The van der Waals surface area contributed by atoms with E-state index in [0.29, 0.717) is 12.4 Å². The van der Waals surface area contributed by atoms with Crippen LogP contribution >= 0.6 is 0 Å². The van der Waals surface area contributed by atoms with Crippen molar-refractivity contribution >= 4 is 5.65 Å². The van der Waals surface area contributed by atoms with Crippen LogP contribution in [0.1, 0.15) is 11.4 Å². The van der Waals surface area contributed by atoms with Gasteiger partial charge in [-0.25, -0.2) is 4.98 Å². The van der Waals surface area contributed by atoms with Crippen molar-refractivity contribution in [1.29, 1.82) is 0 Å². The van der Waals surface area contributed by atoms with E-state index in [1.807, 2.05) is 0 Å². The molecule has 0 saturated carbocycles. The van der Waals surface area contributed by atoms with Crippen LogP contribution in [0.4, 0.5) is 35.1 Å². The average Bonchev–Trinajstić information content (AvgIpc) is 3.01. The summed E-state index contributed by atoms with van der Waals surface area (Å²) in [6, 6.07) is 0. The van der Waals surface area contributed by atoms with Gasteiger partial charge >= 0.3 is 18.3 Å². The molecule has 29 heavy (non-hydrogen) atoms. The molecule has 0 unspecified atom stereocenters. The van der Waals surface area contributed by atoms with Crippen LogP contribution in [0.25, 0.3) is 16.8 Å². The quantitative estimate of drug-likeness (QED) is 0.601. The molecule has 0 bridgehead atoms. The third kappa shape index (κ3) is 3.65. The van der Waals surface area contributed by atoms with E-state index < -0.39 is 47.2 Å². The van der Waals surface area contributed by atoms with E-state index in [0.717, 1.165) is 16.8 Å². The minimum Gasteiger partial charge on any atom is -0.268 e. The minimum absolute atomic E-state index is 0.0159. The molecule has 3 aromatic rings. The fourth-order valence-corrected chi connectivity index (χ4v) is 2.53. The van der Waals surface area contributed by atoms with Gasteiger partial charge in [-0.05, 0) is 6.92 Å². The molecular weight excluding hydrogens is 418 g/mol. The van der Waals surface area contributed by atoms with Crippen LogP contribution in [-0.2, 0) is 12.7 Å². The lowest BCUT2D eigenvalue weighted by atomic mass is 10.1. The van der Waals surface area contributed by atoms with Crippen LogP contribution in [0.3, 0.4) is 0 Å². The van der Waals surface area contributed by atoms with Crippen molar-refractivity contribution in [1.82, 2.24) is 24.1 Å². The van der Waals surface area contributed by atoms with E-state index >= 15 is 0 Å². The number of halogens is 8. The zero-order valence-corrected chi connectivity index (χ0v) is 14.2. The van der Waals surface area contributed by atoms with Crippen molar-refractivity contribution in [2.75, 3.05) is 0 Å². The molecule has 0 N–H and O–H groups in total. The Morgan fingerprint density at radius 3 is 2.31 bits per heavy atom. The third-order valence-electron chi connectivity index (χ3n) is 3.89. The summed E-state index contributed by atoms with van der Waals surface area (Å²) in [5.41, 5.74) is -4.87. The third-order valence-corrected chi connectivity index (χ3v) is 3.89. The van der Waals surface area contributed by atoms with E-state index in [1.165, 1.54) is 6.92 Å². The first kappa shape index (κ1) is 20.7. The lowest BCUT2D eigenvalue weighted by molar-refractivity contribution is -0.287. The number of nitrogens with zero attached hydrogens (tertiary/aromatic N) is 5. The van der Waals surface area contributed by atoms with E-state index in [4.69, 9.17) is 0 Å². The number of fused-ring (bicyclic) bond motifs is 1. The van der Waals surface area contributed by atoms with Crippen molar-refractivity contribution in [2.24, 2.45) is 0 Å². The summed E-state index contributed by atoms with van der Waals surface area (Å²) >= 11 is 0. The van der Waals surface area contributed by atoms with Crippen LogP contribution in [0.2, 0.25) is 0 Å². The maximum atomic E-state index is 13.5. The molecule has 0 aliphatic heterocycles. The van der Waals surface area contributed by atoms with Crippen molar-refractivity contribution in [3.8, 4) is 11.1 Å². The first-order chi connectivity index (χ1) is 13.2. The van der Waals surface area contributed by atoms with E-state index in [-0.39, 0.29) is 16.0 Å². The number of aryl methyl sites for hydroxylation is 1. The fourth-order valence-electron chi connectivity index (χ4n) is 2.53. The zero-order valence-electron chi connectivity index (χ0n) is 14.2. The lowest BCUT2D eigenvalue weighted by Crippen LogP contribution is -2.40. The number of aromatic nitrogens is 5. The monoisotopic (exact) mass is 427 g/mol. The van der Waals surface area contributed by atoms with Gasteiger partial charge in [0.25, 0.3) is 5.56 Å². The van der Waals surface area contributed by atoms with Crippen LogP contribution in [0.15, 0.2) is 29.6 Å². The van der Waals surface area contributed by atoms with Crippen molar-refractivity contribution in [3.05, 3.63) is 46.5 Å². The molecular formula is C15H9F8N5O. The first-order valence-electron chi connectivity index (χ1n) is 7.65. The Morgan fingerprint density at radius 2 is 1.72 bits per heavy atom. The maximum Gasteiger partial charge on any atom is 0.455 e. The molecule has 0 atom stereocenters. The standard InChI is InChI=1S/C15H9F8N5O/c1-7-11-26-10(14(18,19)20)9(12(29)28(11)3-2-24-7)8-4-25-27(5-8)6-13(16,17)15(21,22)23/h2-5H,6H2,1H3. The number of alkyl halides is 8. The van der Waals surface area contributed by atoms with E-state index in [9.17, 15) is 39.9 Å². The van der Waals surface area contributed by atoms with Crippen LogP contribution in [0.5, 0.6) is 0 Å². The van der Waals surface area contributed by atoms with Gasteiger partial charge in [-0.1, -0.05) is 0 Å². The predicted molar refractivity (Wildman–Crippen MR) is 81.2 cm³/mol. The predicted octanol–water partition coefficient (Wildman–Crippen LogP) is 3.48. The highest BCUT2D eigenvalue weighted by Gasteiger charge is 2.57. The summed E-state index contributed by atoms with van der Waals surface area (Å²) in [5.74, 6) is -5.18. The molecule has 0 amide bonds. The summed E-state index contributed by atoms with van der Waals surface area (Å²) in [7, 11) is 0. The summed E-state index contributed by atoms with van der Waals surface area (Å²) < 4.78 is 105. The normalized spacial score (nSPS) is 13.3. The van der Waals surface area contributed by atoms with Gasteiger partial charge < -0.3 is 0 Å². The molecule has 3 aromatic heterocycles. The average molecular weight is 427 g/mol. The van der Waals surface area contributed by atoms with Crippen molar-refractivity contribution in [2.45, 2.75) is 31.7 Å². The molecule has 0 fully saturated rings. The Balaban J connectivity index is 2.19. The van der Waals surface area contributed by atoms with Crippen LogP contribution in [-0.4, -0.2) is 36.2 Å². The number of hydrogen-bond donors (Lipinski definition) is 0. The Kier molecular flexibility index (Phi) is 4.62. The molecule has 3 heterocycles. The zero-order chi connectivity index (χ0) is 21.8. The molecule has 0 aromatic carbocycles. The summed E-state index contributed by atoms with van der Waals surface area (Å²) in [6.45, 7) is -0.651. The SMILES string of the molecule is Cc1nccn2c(=O)c(-c3cnn(CC(F)(F)C(F)(F)F)c3)c(C(F)(F)F)nc12. The highest BCUT2D eigenvalue weighted by molar-refractivity contribution is 5.66. The van der Waals surface area contributed by atoms with Crippen molar-refractivity contribution < 1.29 is 35.1 Å². The summed E-state index contributed by atoms with van der Waals surface area (Å²) in [4.78, 5) is 19.8. The Morgan fingerprint density at radius 1 is 1.07 bits per heavy atom. The summed E-state index contributed by atoms with van der Waals surface area (Å²) in [5, 5.41) is 3.23. The minimum atomic E-state index is -5.88. The Bertz CT molecular complexity index is 1130. The molecule has 6 nitrogen and oxygen atoms in total. The van der Waals surface area contributed by atoms with E-state index in [2.05, 4.69) is 15.1 Å². The van der Waals surface area contributed by atoms with Gasteiger partial charge in [-0.3, -0.25) is 18.9 Å². The largest absolute Gasteiger partial charge is 0.455 e. The van der Waals surface area contributed by atoms with Gasteiger partial charge in [0.05, 0.1) is 17.5 Å². The second kappa shape index (κ2) is 6.49. The molecule has 156 valence electrons. The van der Waals surface area contributed by atoms with Gasteiger partial charge in [-0.15, -0.1) is 0 Å². The molecule has 0 aliphatic rings. The van der Waals surface area contributed by atoms with Gasteiger partial charge in [0, 0.05) is 24.2 Å². The van der Waals surface area contributed by atoms with Crippen molar-refractivity contribution in [3.63, 3.8) is 0 Å².